The van der Waals surface area contributed by atoms with Gasteiger partial charge >= 0.3 is 0 Å². The maximum Gasteiger partial charge on any atom is 0.150 e. The van der Waals surface area contributed by atoms with Gasteiger partial charge in [0.1, 0.15) is 0 Å². The molecule has 2 rings (SSSR count). The van der Waals surface area contributed by atoms with Crippen molar-refractivity contribution < 1.29 is 8.42 Å². The lowest BCUT2D eigenvalue weighted by atomic mass is 9.96. The third-order valence-corrected chi connectivity index (χ3v) is 4.89. The molecular weight excluding hydrogens is 188 g/mol. The fourth-order valence-corrected chi connectivity index (χ4v) is 4.07. The Morgan fingerprint density at radius 3 is 2.31 bits per heavy atom. The molecule has 0 radical (unpaired) electrons. The van der Waals surface area contributed by atoms with Crippen LogP contribution in [0.4, 0.5) is 0 Å². The van der Waals surface area contributed by atoms with Gasteiger partial charge in [-0.15, -0.1) is 0 Å². The first-order valence-corrected chi connectivity index (χ1v) is 6.61. The van der Waals surface area contributed by atoms with Gasteiger partial charge in [-0.2, -0.15) is 0 Å². The van der Waals surface area contributed by atoms with E-state index in [9.17, 15) is 8.42 Å². The Kier molecular flexibility index (Phi) is 2.33. The zero-order chi connectivity index (χ0) is 9.47. The van der Waals surface area contributed by atoms with Crippen molar-refractivity contribution in [2.45, 2.75) is 25.3 Å². The largest absolute Gasteiger partial charge is 0.271 e. The molecule has 1 aliphatic carbocycles. The van der Waals surface area contributed by atoms with Crippen molar-refractivity contribution >= 4 is 9.84 Å². The Labute approximate surface area is 78.8 Å². The fourth-order valence-electron chi connectivity index (χ4n) is 2.22. The van der Waals surface area contributed by atoms with Crippen LogP contribution in [0.1, 0.15) is 19.3 Å². The lowest BCUT2D eigenvalue weighted by Crippen LogP contribution is -2.43. The molecule has 0 bridgehead atoms. The molecule has 1 saturated heterocycles. The number of rotatable bonds is 3. The summed E-state index contributed by atoms with van der Waals surface area (Å²) >= 11 is 0. The van der Waals surface area contributed by atoms with Crippen LogP contribution in [0.5, 0.6) is 0 Å². The molecule has 13 heavy (non-hydrogen) atoms. The first-order chi connectivity index (χ1) is 6.12. The quantitative estimate of drug-likeness (QED) is 0.487. The molecule has 3 N–H and O–H groups in total. The summed E-state index contributed by atoms with van der Waals surface area (Å²) in [4.78, 5) is 0. The third kappa shape index (κ3) is 2.03. The van der Waals surface area contributed by atoms with Crippen LogP contribution in [0.3, 0.4) is 0 Å². The molecular formula is C8H16N2O2S. The molecule has 0 amide bonds. The van der Waals surface area contributed by atoms with Crippen LogP contribution in [0.15, 0.2) is 0 Å². The number of hydrogen-bond acceptors (Lipinski definition) is 4. The molecule has 0 aromatic rings. The van der Waals surface area contributed by atoms with Crippen molar-refractivity contribution in [2.75, 3.05) is 11.5 Å². The Bertz CT molecular complexity index is 285. The minimum absolute atomic E-state index is 0.234. The second kappa shape index (κ2) is 3.22. The van der Waals surface area contributed by atoms with Gasteiger partial charge in [0, 0.05) is 6.04 Å². The highest BCUT2D eigenvalue weighted by Gasteiger charge is 2.40. The average Bonchev–Trinajstić information content (AvgIpc) is 2.80. The standard InChI is InChI=1S/C8H16N2O2S/c9-10-8(6-1-2-6)7-3-4-13(11,12)5-7/h6-8,10H,1-5,9H2. The Morgan fingerprint density at radius 2 is 1.92 bits per heavy atom. The Morgan fingerprint density at radius 1 is 1.23 bits per heavy atom. The van der Waals surface area contributed by atoms with Crippen LogP contribution in [-0.4, -0.2) is 26.0 Å². The van der Waals surface area contributed by atoms with Gasteiger partial charge in [-0.3, -0.25) is 11.3 Å². The summed E-state index contributed by atoms with van der Waals surface area (Å²) in [6.45, 7) is 0. The molecule has 0 spiro atoms. The molecule has 5 heteroatoms. The Hall–Kier alpha value is -0.130. The first-order valence-electron chi connectivity index (χ1n) is 4.79. The maximum atomic E-state index is 11.2. The molecule has 1 heterocycles. The first kappa shape index (κ1) is 9.43. The number of sulfone groups is 1. The number of nitrogens with two attached hydrogens (primary N) is 1. The van der Waals surface area contributed by atoms with E-state index >= 15 is 0 Å². The highest BCUT2D eigenvalue weighted by molar-refractivity contribution is 7.91. The van der Waals surface area contributed by atoms with Crippen LogP contribution in [-0.2, 0) is 9.84 Å². The normalized spacial score (nSPS) is 34.7. The highest BCUT2D eigenvalue weighted by atomic mass is 32.2. The van der Waals surface area contributed by atoms with Gasteiger partial charge in [0.25, 0.3) is 0 Å². The predicted octanol–water partition coefficient (Wildman–Crippen LogP) is -0.337. The van der Waals surface area contributed by atoms with E-state index in [1.807, 2.05) is 0 Å². The van der Waals surface area contributed by atoms with Crippen molar-refractivity contribution in [2.24, 2.45) is 17.7 Å². The number of hydrogen-bond donors (Lipinski definition) is 2. The maximum absolute atomic E-state index is 11.2. The fraction of sp³-hybridized carbons (Fsp3) is 1.00. The third-order valence-electron chi connectivity index (χ3n) is 3.10. The van der Waals surface area contributed by atoms with E-state index in [2.05, 4.69) is 5.43 Å². The molecule has 1 aliphatic heterocycles. The zero-order valence-electron chi connectivity index (χ0n) is 7.57. The molecule has 2 fully saturated rings. The molecule has 76 valence electrons. The van der Waals surface area contributed by atoms with Crippen molar-refractivity contribution in [3.63, 3.8) is 0 Å². The van der Waals surface area contributed by atoms with E-state index in [4.69, 9.17) is 5.84 Å². The summed E-state index contributed by atoms with van der Waals surface area (Å²) in [5.41, 5.74) is 2.78. The summed E-state index contributed by atoms with van der Waals surface area (Å²) in [5, 5.41) is 0. The lowest BCUT2D eigenvalue weighted by molar-refractivity contribution is 0.351. The van der Waals surface area contributed by atoms with Crippen molar-refractivity contribution in [1.82, 2.24) is 5.43 Å². The molecule has 0 aromatic carbocycles. The van der Waals surface area contributed by atoms with E-state index in [1.165, 1.54) is 12.8 Å². The van der Waals surface area contributed by atoms with Gasteiger partial charge in [-0.1, -0.05) is 0 Å². The second-order valence-corrected chi connectivity index (χ2v) is 6.42. The molecule has 0 aromatic heterocycles. The monoisotopic (exact) mass is 204 g/mol. The molecule has 4 nitrogen and oxygen atoms in total. The minimum Gasteiger partial charge on any atom is -0.271 e. The van der Waals surface area contributed by atoms with Crippen LogP contribution in [0.2, 0.25) is 0 Å². The summed E-state index contributed by atoms with van der Waals surface area (Å²) in [6.07, 6.45) is 3.19. The van der Waals surface area contributed by atoms with Crippen LogP contribution >= 0.6 is 0 Å². The smallest absolute Gasteiger partial charge is 0.150 e. The Balaban J connectivity index is 2.00. The molecule has 2 unspecified atom stereocenters. The molecule has 2 aliphatic rings. The van der Waals surface area contributed by atoms with Crippen LogP contribution in [0.25, 0.3) is 0 Å². The van der Waals surface area contributed by atoms with Gasteiger partial charge < -0.3 is 0 Å². The summed E-state index contributed by atoms with van der Waals surface area (Å²) in [7, 11) is -2.75. The SMILES string of the molecule is NNC(C1CC1)C1CCS(=O)(=O)C1. The van der Waals surface area contributed by atoms with Gasteiger partial charge in [0.05, 0.1) is 11.5 Å². The van der Waals surface area contributed by atoms with Crippen molar-refractivity contribution in [3.05, 3.63) is 0 Å². The lowest BCUT2D eigenvalue weighted by Gasteiger charge is -2.20. The van der Waals surface area contributed by atoms with Crippen molar-refractivity contribution in [3.8, 4) is 0 Å². The van der Waals surface area contributed by atoms with Gasteiger partial charge in [0.15, 0.2) is 9.84 Å². The van der Waals surface area contributed by atoms with Crippen molar-refractivity contribution in [1.29, 1.82) is 0 Å². The van der Waals surface area contributed by atoms with E-state index in [1.54, 1.807) is 0 Å². The summed E-state index contributed by atoms with van der Waals surface area (Å²) < 4.78 is 22.5. The zero-order valence-corrected chi connectivity index (χ0v) is 8.39. The van der Waals surface area contributed by atoms with E-state index in [-0.39, 0.29) is 12.0 Å². The summed E-state index contributed by atoms with van der Waals surface area (Å²) in [5.74, 6) is 7.00. The van der Waals surface area contributed by atoms with Gasteiger partial charge in [-0.25, -0.2) is 8.42 Å². The predicted molar refractivity (Wildman–Crippen MR) is 50.6 cm³/mol. The number of hydrazine groups is 1. The average molecular weight is 204 g/mol. The highest BCUT2D eigenvalue weighted by Crippen LogP contribution is 2.38. The van der Waals surface area contributed by atoms with E-state index in [0.717, 1.165) is 6.42 Å². The number of nitrogens with one attached hydrogen (secondary N) is 1. The van der Waals surface area contributed by atoms with Gasteiger partial charge in [-0.05, 0) is 31.1 Å². The van der Waals surface area contributed by atoms with Crippen LogP contribution in [0, 0.1) is 11.8 Å². The molecule has 1 saturated carbocycles. The van der Waals surface area contributed by atoms with E-state index < -0.39 is 9.84 Å². The minimum atomic E-state index is -2.75. The van der Waals surface area contributed by atoms with E-state index in [0.29, 0.717) is 17.4 Å². The topological polar surface area (TPSA) is 72.2 Å². The van der Waals surface area contributed by atoms with Crippen LogP contribution < -0.4 is 11.3 Å². The second-order valence-electron chi connectivity index (χ2n) is 4.19. The molecule has 2 atom stereocenters. The van der Waals surface area contributed by atoms with Gasteiger partial charge in [0.2, 0.25) is 0 Å². The summed E-state index contributed by atoms with van der Waals surface area (Å²) in [6, 6.07) is 0.234.